The van der Waals surface area contributed by atoms with Crippen molar-refractivity contribution in [3.05, 3.63) is 48.0 Å². The molecule has 0 heterocycles. The van der Waals surface area contributed by atoms with Gasteiger partial charge in [0.1, 0.15) is 0 Å². The Bertz CT molecular complexity index is 541. The Kier molecular flexibility index (Phi) is 8.71. The van der Waals surface area contributed by atoms with Gasteiger partial charge in [-0.2, -0.15) is 0 Å². The summed E-state index contributed by atoms with van der Waals surface area (Å²) in [6.07, 6.45) is 0.581. The largest absolute Gasteiger partial charge is 0.504 e. The second kappa shape index (κ2) is 9.42. The number of nitrogen functional groups attached to an aromatic ring is 2. The fourth-order valence-electron chi connectivity index (χ4n) is 1.31. The Morgan fingerprint density at radius 1 is 1.05 bits per heavy atom. The Balaban J connectivity index is 0.000000359. The van der Waals surface area contributed by atoms with E-state index in [0.29, 0.717) is 23.4 Å². The molecule has 0 atom stereocenters. The first-order valence-electron chi connectivity index (χ1n) is 5.51. The number of para-hydroxylation sites is 3. The molecule has 0 aromatic heterocycles. The number of ether oxygens (including phenoxy) is 1. The number of aldehydes is 1. The van der Waals surface area contributed by atoms with Gasteiger partial charge in [0, 0.05) is 35.6 Å². The van der Waals surface area contributed by atoms with Gasteiger partial charge in [-0.15, -0.1) is 0 Å². The molecule has 1 radical (unpaired) electrons. The van der Waals surface area contributed by atoms with Crippen LogP contribution in [0.4, 0.5) is 11.4 Å². The zero-order chi connectivity index (χ0) is 14.3. The van der Waals surface area contributed by atoms with Crippen LogP contribution < -0.4 is 16.2 Å². The molecule has 2 aromatic carbocycles. The van der Waals surface area contributed by atoms with Gasteiger partial charge in [-0.3, -0.25) is 4.79 Å². The number of rotatable bonds is 2. The van der Waals surface area contributed by atoms with Crippen LogP contribution in [0.25, 0.3) is 0 Å². The summed E-state index contributed by atoms with van der Waals surface area (Å²) in [5.41, 5.74) is 12.3. The molecule has 2 aromatic rings. The molecule has 20 heavy (non-hydrogen) atoms. The van der Waals surface area contributed by atoms with Gasteiger partial charge in [-0.1, -0.05) is 18.2 Å². The van der Waals surface area contributed by atoms with Gasteiger partial charge < -0.3 is 21.3 Å². The first-order chi connectivity index (χ1) is 9.10. The minimum atomic E-state index is -0.106. The standard InChI is InChI=1S/C8H8O3.C6H8N2.La/c1-11-7-4-2-3-6(5-9)8(7)10;7-5-3-1-2-4-6(5)8;/h2-5,10H,1H3;1-4H,7-8H2;. The summed E-state index contributed by atoms with van der Waals surface area (Å²) in [6.45, 7) is 0. The molecule has 6 heteroatoms. The van der Waals surface area contributed by atoms with Crippen LogP contribution in [0.2, 0.25) is 0 Å². The maximum Gasteiger partial charge on any atom is 0.168 e. The molecule has 5 N–H and O–H groups in total. The fourth-order valence-corrected chi connectivity index (χ4v) is 1.31. The normalized spacial score (nSPS) is 8.65. The monoisotopic (exact) mass is 399 g/mol. The second-order valence-corrected chi connectivity index (χ2v) is 3.64. The third kappa shape index (κ3) is 5.24. The van der Waals surface area contributed by atoms with E-state index in [-0.39, 0.29) is 46.9 Å². The number of phenols is 1. The Hall–Kier alpha value is -1.50. The van der Waals surface area contributed by atoms with Crippen LogP contribution in [-0.2, 0) is 0 Å². The molecule has 0 bridgehead atoms. The summed E-state index contributed by atoms with van der Waals surface area (Å²) in [6, 6.07) is 12.0. The molecule has 0 saturated heterocycles. The molecular weight excluding hydrogens is 383 g/mol. The maximum atomic E-state index is 10.3. The van der Waals surface area contributed by atoms with E-state index >= 15 is 0 Å². The number of nitrogens with two attached hydrogens (primary N) is 2. The number of benzene rings is 2. The smallest absolute Gasteiger partial charge is 0.168 e. The molecule has 0 unspecified atom stereocenters. The first-order valence-corrected chi connectivity index (χ1v) is 5.51. The first kappa shape index (κ1) is 18.5. The van der Waals surface area contributed by atoms with Crippen LogP contribution in [0.3, 0.4) is 0 Å². The zero-order valence-electron chi connectivity index (χ0n) is 11.1. The van der Waals surface area contributed by atoms with E-state index in [2.05, 4.69) is 0 Å². The maximum absolute atomic E-state index is 10.3. The number of methoxy groups -OCH3 is 1. The van der Waals surface area contributed by atoms with Gasteiger partial charge in [-0.05, 0) is 24.3 Å². The predicted octanol–water partition coefficient (Wildman–Crippen LogP) is 2.06. The van der Waals surface area contributed by atoms with Crippen LogP contribution >= 0.6 is 0 Å². The van der Waals surface area contributed by atoms with Crippen LogP contribution in [-0.4, -0.2) is 18.5 Å². The van der Waals surface area contributed by atoms with E-state index in [4.69, 9.17) is 16.2 Å². The van der Waals surface area contributed by atoms with Crippen molar-refractivity contribution in [1.82, 2.24) is 0 Å². The molecule has 5 nitrogen and oxygen atoms in total. The third-order valence-corrected chi connectivity index (χ3v) is 2.37. The van der Waals surface area contributed by atoms with Crippen LogP contribution in [0, 0.1) is 35.6 Å². The summed E-state index contributed by atoms with van der Waals surface area (Å²) in [7, 11) is 1.43. The number of aromatic hydroxyl groups is 1. The molecule has 0 fully saturated rings. The van der Waals surface area contributed by atoms with Gasteiger partial charge in [0.2, 0.25) is 0 Å². The molecule has 2 rings (SSSR count). The number of anilines is 2. The third-order valence-electron chi connectivity index (χ3n) is 2.37. The van der Waals surface area contributed by atoms with Crippen molar-refractivity contribution in [3.63, 3.8) is 0 Å². The topological polar surface area (TPSA) is 98.6 Å². The molecule has 0 aliphatic heterocycles. The van der Waals surface area contributed by atoms with Crippen molar-refractivity contribution in [2.75, 3.05) is 18.6 Å². The van der Waals surface area contributed by atoms with Gasteiger partial charge in [-0.25, -0.2) is 0 Å². The molecular formula is C14H16LaN2O3. The van der Waals surface area contributed by atoms with Gasteiger partial charge in [0.25, 0.3) is 0 Å². The van der Waals surface area contributed by atoms with E-state index in [1.807, 2.05) is 12.1 Å². The number of carbonyl (C=O) groups is 1. The SMILES string of the molecule is COc1cccc(C=O)c1O.Nc1ccccc1N.[La]. The van der Waals surface area contributed by atoms with E-state index in [0.717, 1.165) is 0 Å². The van der Waals surface area contributed by atoms with Crippen molar-refractivity contribution in [2.45, 2.75) is 0 Å². The summed E-state index contributed by atoms with van der Waals surface area (Å²) < 4.78 is 4.78. The second-order valence-electron chi connectivity index (χ2n) is 3.64. The van der Waals surface area contributed by atoms with E-state index in [9.17, 15) is 9.90 Å². The average Bonchev–Trinajstić information content (AvgIpc) is 2.43. The average molecular weight is 399 g/mol. The van der Waals surface area contributed by atoms with Crippen molar-refractivity contribution < 1.29 is 50.2 Å². The molecule has 0 aliphatic carbocycles. The molecule has 0 spiro atoms. The van der Waals surface area contributed by atoms with Crippen LogP contribution in [0.5, 0.6) is 11.5 Å². The van der Waals surface area contributed by atoms with Crippen molar-refractivity contribution in [3.8, 4) is 11.5 Å². The van der Waals surface area contributed by atoms with Crippen molar-refractivity contribution >= 4 is 17.7 Å². The Morgan fingerprint density at radius 3 is 2.00 bits per heavy atom. The van der Waals surface area contributed by atoms with E-state index in [1.54, 1.807) is 24.3 Å². The number of carbonyl (C=O) groups excluding carboxylic acids is 1. The summed E-state index contributed by atoms with van der Waals surface area (Å²) in [5, 5.41) is 9.23. The molecule has 0 amide bonds. The fraction of sp³-hybridized carbons (Fsp3) is 0.0714. The number of hydrogen-bond donors (Lipinski definition) is 3. The quantitative estimate of drug-likeness (QED) is 0.531. The molecule has 0 aliphatic rings. The summed E-state index contributed by atoms with van der Waals surface area (Å²) in [4.78, 5) is 10.3. The van der Waals surface area contributed by atoms with Gasteiger partial charge >= 0.3 is 0 Å². The zero-order valence-corrected chi connectivity index (χ0v) is 14.7. The van der Waals surface area contributed by atoms with Crippen LogP contribution in [0.1, 0.15) is 10.4 Å². The van der Waals surface area contributed by atoms with Crippen molar-refractivity contribution in [1.29, 1.82) is 0 Å². The number of phenolic OH excluding ortho intramolecular Hbond substituents is 1. The van der Waals surface area contributed by atoms with Crippen molar-refractivity contribution in [2.24, 2.45) is 0 Å². The minimum absolute atomic E-state index is 0. The van der Waals surface area contributed by atoms with Crippen LogP contribution in [0.15, 0.2) is 42.5 Å². The molecule has 103 valence electrons. The minimum Gasteiger partial charge on any atom is -0.504 e. The summed E-state index contributed by atoms with van der Waals surface area (Å²) in [5.74, 6) is 0.208. The summed E-state index contributed by atoms with van der Waals surface area (Å²) >= 11 is 0. The molecule has 0 saturated carbocycles. The van der Waals surface area contributed by atoms with E-state index < -0.39 is 0 Å². The Morgan fingerprint density at radius 2 is 1.60 bits per heavy atom. The van der Waals surface area contributed by atoms with E-state index in [1.165, 1.54) is 13.2 Å². The van der Waals surface area contributed by atoms with Gasteiger partial charge in [0.05, 0.1) is 24.0 Å². The number of hydrogen-bond acceptors (Lipinski definition) is 5. The predicted molar refractivity (Wildman–Crippen MR) is 75.3 cm³/mol. The Labute approximate surface area is 145 Å². The van der Waals surface area contributed by atoms with Gasteiger partial charge in [0.15, 0.2) is 17.8 Å².